The Bertz CT molecular complexity index is 122. The Kier molecular flexibility index (Phi) is 4.81. The van der Waals surface area contributed by atoms with Gasteiger partial charge in [0.1, 0.15) is 6.61 Å². The number of ether oxygens (including phenoxy) is 1. The van der Waals surface area contributed by atoms with Crippen molar-refractivity contribution >= 4 is 5.97 Å². The normalized spacial score (nSPS) is 13.2. The first-order valence-electron chi connectivity index (χ1n) is 3.60. The van der Waals surface area contributed by atoms with Gasteiger partial charge >= 0.3 is 5.97 Å². The summed E-state index contributed by atoms with van der Waals surface area (Å²) in [5.41, 5.74) is 0. The van der Waals surface area contributed by atoms with E-state index in [4.69, 9.17) is 10.2 Å². The number of rotatable bonds is 4. The van der Waals surface area contributed by atoms with Crippen LogP contribution in [-0.4, -0.2) is 29.1 Å². The van der Waals surface area contributed by atoms with Gasteiger partial charge in [0.15, 0.2) is 6.29 Å². The summed E-state index contributed by atoms with van der Waals surface area (Å²) in [7, 11) is 0. The Morgan fingerprint density at radius 3 is 2.45 bits per heavy atom. The zero-order chi connectivity index (χ0) is 8.85. The van der Waals surface area contributed by atoms with Crippen molar-refractivity contribution in [1.29, 1.82) is 0 Å². The van der Waals surface area contributed by atoms with Crippen molar-refractivity contribution in [3.63, 3.8) is 0 Å². The topological polar surface area (TPSA) is 66.8 Å². The predicted molar refractivity (Wildman–Crippen MR) is 38.6 cm³/mol. The van der Waals surface area contributed by atoms with E-state index >= 15 is 0 Å². The molecule has 0 spiro atoms. The molecule has 0 fully saturated rings. The van der Waals surface area contributed by atoms with Gasteiger partial charge in [0.05, 0.1) is 5.92 Å². The van der Waals surface area contributed by atoms with E-state index in [1.54, 1.807) is 6.92 Å². The molecule has 0 aliphatic rings. The smallest absolute Gasteiger partial charge is 0.308 e. The zero-order valence-corrected chi connectivity index (χ0v) is 6.78. The summed E-state index contributed by atoms with van der Waals surface area (Å²) in [6, 6.07) is 0. The van der Waals surface area contributed by atoms with Gasteiger partial charge in [-0.3, -0.25) is 4.79 Å². The molecule has 0 aromatic carbocycles. The lowest BCUT2D eigenvalue weighted by Crippen LogP contribution is -2.21. The Morgan fingerprint density at radius 1 is 1.55 bits per heavy atom. The molecule has 4 heteroatoms. The van der Waals surface area contributed by atoms with Crippen molar-refractivity contribution in [2.24, 2.45) is 5.92 Å². The van der Waals surface area contributed by atoms with Crippen molar-refractivity contribution in [3.8, 4) is 0 Å². The van der Waals surface area contributed by atoms with Crippen LogP contribution in [0.4, 0.5) is 0 Å². The van der Waals surface area contributed by atoms with Crippen LogP contribution >= 0.6 is 0 Å². The lowest BCUT2D eigenvalue weighted by Gasteiger charge is -2.09. The molecule has 0 saturated heterocycles. The minimum Gasteiger partial charge on any atom is -0.460 e. The van der Waals surface area contributed by atoms with Crippen LogP contribution < -0.4 is 0 Å². The van der Waals surface area contributed by atoms with E-state index in [9.17, 15) is 4.79 Å². The summed E-state index contributed by atoms with van der Waals surface area (Å²) in [6.45, 7) is 3.25. The molecule has 0 amide bonds. The molecule has 0 aliphatic heterocycles. The molecule has 0 bridgehead atoms. The van der Waals surface area contributed by atoms with Crippen LogP contribution in [0.2, 0.25) is 0 Å². The SMILES string of the molecule is CCC(C)C(=O)OCC(O)O. The lowest BCUT2D eigenvalue weighted by molar-refractivity contribution is -0.160. The van der Waals surface area contributed by atoms with E-state index < -0.39 is 6.29 Å². The molecular weight excluding hydrogens is 148 g/mol. The van der Waals surface area contributed by atoms with Crippen molar-refractivity contribution in [2.45, 2.75) is 26.6 Å². The third kappa shape index (κ3) is 4.75. The quantitative estimate of drug-likeness (QED) is 0.447. The highest BCUT2D eigenvalue weighted by Gasteiger charge is 2.12. The maximum absolute atomic E-state index is 10.8. The summed E-state index contributed by atoms with van der Waals surface area (Å²) in [6.07, 6.45) is -0.872. The van der Waals surface area contributed by atoms with Crippen LogP contribution in [0.1, 0.15) is 20.3 Å². The fraction of sp³-hybridized carbons (Fsp3) is 0.857. The molecule has 0 heterocycles. The lowest BCUT2D eigenvalue weighted by atomic mass is 10.1. The fourth-order valence-corrected chi connectivity index (χ4v) is 0.466. The molecule has 66 valence electrons. The fourth-order valence-electron chi connectivity index (χ4n) is 0.466. The standard InChI is InChI=1S/C7H14O4/c1-3-5(2)7(10)11-4-6(8)9/h5-6,8-9H,3-4H2,1-2H3. The van der Waals surface area contributed by atoms with Gasteiger partial charge in [-0.15, -0.1) is 0 Å². The molecule has 0 aliphatic carbocycles. The number of esters is 1. The first-order valence-corrected chi connectivity index (χ1v) is 3.60. The number of hydrogen-bond donors (Lipinski definition) is 2. The Labute approximate surface area is 65.8 Å². The highest BCUT2D eigenvalue weighted by atomic mass is 16.6. The second-order valence-electron chi connectivity index (χ2n) is 2.42. The van der Waals surface area contributed by atoms with Crippen molar-refractivity contribution in [2.75, 3.05) is 6.61 Å². The Balaban J connectivity index is 3.52. The predicted octanol–water partition coefficient (Wildman–Crippen LogP) is -0.114. The summed E-state index contributed by atoms with van der Waals surface area (Å²) in [5, 5.41) is 16.7. The van der Waals surface area contributed by atoms with Gasteiger partial charge in [0.2, 0.25) is 0 Å². The molecule has 1 atom stereocenters. The van der Waals surface area contributed by atoms with Crippen LogP contribution in [0.15, 0.2) is 0 Å². The summed E-state index contributed by atoms with van der Waals surface area (Å²) in [5.74, 6) is -0.561. The maximum atomic E-state index is 10.8. The molecular formula is C7H14O4. The van der Waals surface area contributed by atoms with Gasteiger partial charge in [0.25, 0.3) is 0 Å². The monoisotopic (exact) mass is 162 g/mol. The maximum Gasteiger partial charge on any atom is 0.308 e. The second-order valence-corrected chi connectivity index (χ2v) is 2.42. The molecule has 0 aromatic rings. The summed E-state index contributed by atoms with van der Waals surface area (Å²) >= 11 is 0. The third-order valence-corrected chi connectivity index (χ3v) is 1.39. The first-order chi connectivity index (χ1) is 5.07. The van der Waals surface area contributed by atoms with Gasteiger partial charge in [0, 0.05) is 0 Å². The molecule has 0 aromatic heterocycles. The molecule has 11 heavy (non-hydrogen) atoms. The molecule has 0 rings (SSSR count). The van der Waals surface area contributed by atoms with Crippen LogP contribution in [-0.2, 0) is 9.53 Å². The van der Waals surface area contributed by atoms with E-state index in [0.717, 1.165) is 0 Å². The van der Waals surface area contributed by atoms with E-state index in [1.807, 2.05) is 6.92 Å². The Hall–Kier alpha value is -0.610. The average Bonchev–Trinajstić information content (AvgIpc) is 1.98. The van der Waals surface area contributed by atoms with Gasteiger partial charge in [-0.25, -0.2) is 0 Å². The van der Waals surface area contributed by atoms with Crippen molar-refractivity contribution in [3.05, 3.63) is 0 Å². The number of aliphatic hydroxyl groups is 2. The molecule has 0 saturated carbocycles. The second kappa shape index (κ2) is 5.09. The van der Waals surface area contributed by atoms with E-state index in [1.165, 1.54) is 0 Å². The van der Waals surface area contributed by atoms with Gasteiger partial charge < -0.3 is 14.9 Å². The van der Waals surface area contributed by atoms with Gasteiger partial charge in [-0.05, 0) is 6.42 Å². The molecule has 0 radical (unpaired) electrons. The van der Waals surface area contributed by atoms with Crippen molar-refractivity contribution < 1.29 is 19.7 Å². The van der Waals surface area contributed by atoms with Crippen LogP contribution in [0, 0.1) is 5.92 Å². The van der Waals surface area contributed by atoms with E-state index in [2.05, 4.69) is 4.74 Å². The average molecular weight is 162 g/mol. The zero-order valence-electron chi connectivity index (χ0n) is 6.78. The highest BCUT2D eigenvalue weighted by Crippen LogP contribution is 2.02. The summed E-state index contributed by atoms with van der Waals surface area (Å²) in [4.78, 5) is 10.8. The number of hydrogen-bond acceptors (Lipinski definition) is 4. The summed E-state index contributed by atoms with van der Waals surface area (Å²) < 4.78 is 4.52. The van der Waals surface area contributed by atoms with E-state index in [0.29, 0.717) is 6.42 Å². The minimum atomic E-state index is -1.57. The Morgan fingerprint density at radius 2 is 2.09 bits per heavy atom. The molecule has 2 N–H and O–H groups in total. The highest BCUT2D eigenvalue weighted by molar-refractivity contribution is 5.71. The van der Waals surface area contributed by atoms with E-state index in [-0.39, 0.29) is 18.5 Å². The van der Waals surface area contributed by atoms with Crippen LogP contribution in [0.25, 0.3) is 0 Å². The largest absolute Gasteiger partial charge is 0.460 e. The molecule has 1 unspecified atom stereocenters. The van der Waals surface area contributed by atoms with Gasteiger partial charge in [-0.1, -0.05) is 13.8 Å². The molecule has 4 nitrogen and oxygen atoms in total. The third-order valence-electron chi connectivity index (χ3n) is 1.39. The van der Waals surface area contributed by atoms with Crippen LogP contribution in [0.3, 0.4) is 0 Å². The number of carbonyl (C=O) groups excluding carboxylic acids is 1. The number of aliphatic hydroxyl groups excluding tert-OH is 1. The van der Waals surface area contributed by atoms with Crippen LogP contribution in [0.5, 0.6) is 0 Å². The minimum absolute atomic E-state index is 0.172. The van der Waals surface area contributed by atoms with Crippen molar-refractivity contribution in [1.82, 2.24) is 0 Å². The first kappa shape index (κ1) is 10.4. The number of carbonyl (C=O) groups is 1. The van der Waals surface area contributed by atoms with Gasteiger partial charge in [-0.2, -0.15) is 0 Å².